The van der Waals surface area contributed by atoms with Crippen molar-refractivity contribution < 1.29 is 23.6 Å². The van der Waals surface area contributed by atoms with Crippen LogP contribution in [0.15, 0.2) is 22.7 Å². The molecule has 0 saturated carbocycles. The maximum Gasteiger partial charge on any atom is 0.315 e. The molecule has 0 bridgehead atoms. The number of fused-ring (bicyclic) bond motifs is 1. The van der Waals surface area contributed by atoms with Gasteiger partial charge in [0.15, 0.2) is 11.6 Å². The van der Waals surface area contributed by atoms with Gasteiger partial charge in [-0.15, -0.1) is 0 Å². The van der Waals surface area contributed by atoms with E-state index in [-0.39, 0.29) is 37.2 Å². The largest absolute Gasteiger partial charge is 0.489 e. The van der Waals surface area contributed by atoms with E-state index >= 15 is 0 Å². The van der Waals surface area contributed by atoms with E-state index in [0.717, 1.165) is 12.2 Å². The summed E-state index contributed by atoms with van der Waals surface area (Å²) >= 11 is 0. The SMILES string of the molecule is CCOC(=O)Cc1nc(CNC(=O)c2cccc3c2OCCN3C)no1. The molecule has 26 heavy (non-hydrogen) atoms. The number of esters is 1. The number of nitrogens with one attached hydrogen (secondary N) is 1. The summed E-state index contributed by atoms with van der Waals surface area (Å²) in [5.74, 6) is 0.253. The zero-order valence-electron chi connectivity index (χ0n) is 14.7. The zero-order chi connectivity index (χ0) is 18.5. The quantitative estimate of drug-likeness (QED) is 0.759. The molecule has 138 valence electrons. The van der Waals surface area contributed by atoms with Gasteiger partial charge >= 0.3 is 5.97 Å². The van der Waals surface area contributed by atoms with Gasteiger partial charge in [-0.2, -0.15) is 4.98 Å². The first-order valence-electron chi connectivity index (χ1n) is 8.30. The minimum Gasteiger partial charge on any atom is -0.489 e. The van der Waals surface area contributed by atoms with Crippen LogP contribution < -0.4 is 15.0 Å². The van der Waals surface area contributed by atoms with Crippen molar-refractivity contribution in [3.05, 3.63) is 35.5 Å². The third kappa shape index (κ3) is 3.93. The molecule has 0 fully saturated rings. The highest BCUT2D eigenvalue weighted by Gasteiger charge is 2.22. The summed E-state index contributed by atoms with van der Waals surface area (Å²) in [6, 6.07) is 5.42. The topological polar surface area (TPSA) is 107 Å². The number of benzene rings is 1. The second kappa shape index (κ2) is 7.85. The van der Waals surface area contributed by atoms with Crippen molar-refractivity contribution in [1.29, 1.82) is 0 Å². The Bertz CT molecular complexity index is 804. The second-order valence-corrected chi connectivity index (χ2v) is 5.69. The fourth-order valence-corrected chi connectivity index (χ4v) is 2.58. The summed E-state index contributed by atoms with van der Waals surface area (Å²) in [6.45, 7) is 3.37. The van der Waals surface area contributed by atoms with Gasteiger partial charge in [0.2, 0.25) is 5.89 Å². The molecule has 1 aromatic heterocycles. The highest BCUT2D eigenvalue weighted by molar-refractivity contribution is 5.99. The molecule has 0 radical (unpaired) electrons. The number of carbonyl (C=O) groups excluding carboxylic acids is 2. The molecule has 0 aliphatic carbocycles. The summed E-state index contributed by atoms with van der Waals surface area (Å²) < 4.78 is 15.5. The molecular formula is C17H20N4O5. The second-order valence-electron chi connectivity index (χ2n) is 5.69. The van der Waals surface area contributed by atoms with Gasteiger partial charge in [-0.3, -0.25) is 9.59 Å². The van der Waals surface area contributed by atoms with E-state index in [1.807, 2.05) is 24.1 Å². The lowest BCUT2D eigenvalue weighted by molar-refractivity contribution is -0.142. The van der Waals surface area contributed by atoms with Crippen molar-refractivity contribution in [2.24, 2.45) is 0 Å². The number of para-hydroxylation sites is 1. The Labute approximate surface area is 150 Å². The normalized spacial score (nSPS) is 12.9. The molecule has 2 heterocycles. The van der Waals surface area contributed by atoms with Crippen molar-refractivity contribution in [3.63, 3.8) is 0 Å². The van der Waals surface area contributed by atoms with Crippen LogP contribution >= 0.6 is 0 Å². The van der Waals surface area contributed by atoms with Gasteiger partial charge in [0, 0.05) is 7.05 Å². The van der Waals surface area contributed by atoms with Crippen LogP contribution in [-0.2, 0) is 22.5 Å². The summed E-state index contributed by atoms with van der Waals surface area (Å²) in [5.41, 5.74) is 1.32. The van der Waals surface area contributed by atoms with Gasteiger partial charge in [0.05, 0.1) is 30.9 Å². The fourth-order valence-electron chi connectivity index (χ4n) is 2.58. The minimum absolute atomic E-state index is 0.0741. The van der Waals surface area contributed by atoms with Crippen molar-refractivity contribution in [2.75, 3.05) is 31.7 Å². The standard InChI is InChI=1S/C17H20N4O5/c1-3-24-15(22)9-14-19-13(20-26-14)10-18-17(23)11-5-4-6-12-16(11)25-8-7-21(12)2/h4-6H,3,7-10H2,1-2H3,(H,18,23). The molecule has 1 N–H and O–H groups in total. The van der Waals surface area contributed by atoms with E-state index in [1.165, 1.54) is 0 Å². The number of likely N-dealkylation sites (N-methyl/N-ethyl adjacent to an activating group) is 1. The maximum absolute atomic E-state index is 12.5. The van der Waals surface area contributed by atoms with Crippen LogP contribution in [0.3, 0.4) is 0 Å². The van der Waals surface area contributed by atoms with Crippen molar-refractivity contribution >= 4 is 17.6 Å². The summed E-state index contributed by atoms with van der Waals surface area (Å²) in [5, 5.41) is 6.48. The zero-order valence-corrected chi connectivity index (χ0v) is 14.7. The third-order valence-corrected chi connectivity index (χ3v) is 3.84. The average Bonchev–Trinajstić information content (AvgIpc) is 3.07. The monoisotopic (exact) mass is 360 g/mol. The summed E-state index contributed by atoms with van der Waals surface area (Å²) in [7, 11) is 1.95. The first-order chi connectivity index (χ1) is 12.6. The number of hydrogen-bond donors (Lipinski definition) is 1. The number of ether oxygens (including phenoxy) is 2. The van der Waals surface area contributed by atoms with E-state index in [0.29, 0.717) is 17.9 Å². The van der Waals surface area contributed by atoms with Gasteiger partial charge in [-0.1, -0.05) is 11.2 Å². The molecule has 0 spiro atoms. The van der Waals surface area contributed by atoms with Gasteiger partial charge < -0.3 is 24.2 Å². The Kier molecular flexibility index (Phi) is 5.35. The van der Waals surface area contributed by atoms with E-state index in [1.54, 1.807) is 13.0 Å². The number of nitrogens with zero attached hydrogens (tertiary/aromatic N) is 3. The molecule has 1 aliphatic rings. The molecule has 1 amide bonds. The highest BCUT2D eigenvalue weighted by Crippen LogP contribution is 2.33. The lowest BCUT2D eigenvalue weighted by Crippen LogP contribution is -2.31. The molecule has 2 aromatic rings. The minimum atomic E-state index is -0.441. The number of anilines is 1. The predicted molar refractivity (Wildman–Crippen MR) is 91.0 cm³/mol. The van der Waals surface area contributed by atoms with Crippen LogP contribution in [0.2, 0.25) is 0 Å². The van der Waals surface area contributed by atoms with Gasteiger partial charge in [0.25, 0.3) is 5.91 Å². The number of amides is 1. The molecule has 9 nitrogen and oxygen atoms in total. The Morgan fingerprint density at radius 2 is 2.23 bits per heavy atom. The van der Waals surface area contributed by atoms with Crippen LogP contribution in [0.5, 0.6) is 5.75 Å². The Balaban J connectivity index is 1.62. The predicted octanol–water partition coefficient (Wildman–Crippen LogP) is 0.934. The van der Waals surface area contributed by atoms with Crippen LogP contribution in [0, 0.1) is 0 Å². The van der Waals surface area contributed by atoms with Crippen molar-refractivity contribution in [3.8, 4) is 5.75 Å². The lowest BCUT2D eigenvalue weighted by atomic mass is 10.1. The van der Waals surface area contributed by atoms with E-state index < -0.39 is 5.97 Å². The number of hydrogen-bond acceptors (Lipinski definition) is 8. The molecule has 0 unspecified atom stereocenters. The van der Waals surface area contributed by atoms with Gasteiger partial charge in [-0.25, -0.2) is 0 Å². The van der Waals surface area contributed by atoms with Gasteiger partial charge in [-0.05, 0) is 19.1 Å². The fraction of sp³-hybridized carbons (Fsp3) is 0.412. The van der Waals surface area contributed by atoms with Crippen molar-refractivity contribution in [1.82, 2.24) is 15.5 Å². The summed E-state index contributed by atoms with van der Waals surface area (Å²) in [4.78, 5) is 30.0. The van der Waals surface area contributed by atoms with Crippen LogP contribution in [-0.4, -0.2) is 48.8 Å². The highest BCUT2D eigenvalue weighted by atomic mass is 16.5. The number of rotatable bonds is 6. The van der Waals surface area contributed by atoms with Crippen LogP contribution in [0.1, 0.15) is 29.0 Å². The molecular weight excluding hydrogens is 340 g/mol. The van der Waals surface area contributed by atoms with E-state index in [4.69, 9.17) is 14.0 Å². The molecule has 0 atom stereocenters. The summed E-state index contributed by atoms with van der Waals surface area (Å²) in [6.07, 6.45) is -0.0961. The molecule has 1 aliphatic heterocycles. The average molecular weight is 360 g/mol. The molecule has 1 aromatic carbocycles. The smallest absolute Gasteiger partial charge is 0.315 e. The first-order valence-corrected chi connectivity index (χ1v) is 8.30. The molecule has 0 saturated heterocycles. The van der Waals surface area contributed by atoms with Crippen LogP contribution in [0.4, 0.5) is 5.69 Å². The van der Waals surface area contributed by atoms with E-state index in [9.17, 15) is 9.59 Å². The Morgan fingerprint density at radius 1 is 1.38 bits per heavy atom. The van der Waals surface area contributed by atoms with Gasteiger partial charge in [0.1, 0.15) is 13.0 Å². The maximum atomic E-state index is 12.5. The molecule has 3 rings (SSSR count). The number of aromatic nitrogens is 2. The van der Waals surface area contributed by atoms with E-state index in [2.05, 4.69) is 15.5 Å². The Morgan fingerprint density at radius 3 is 3.04 bits per heavy atom. The Hall–Kier alpha value is -3.10. The first kappa shape index (κ1) is 17.7. The lowest BCUT2D eigenvalue weighted by Gasteiger charge is -2.28. The third-order valence-electron chi connectivity index (χ3n) is 3.84. The number of carbonyl (C=O) groups is 2. The van der Waals surface area contributed by atoms with Crippen molar-refractivity contribution in [2.45, 2.75) is 19.9 Å². The molecule has 9 heteroatoms. The van der Waals surface area contributed by atoms with Crippen LogP contribution in [0.25, 0.3) is 0 Å².